The molecule has 1 aromatic carbocycles. The minimum absolute atomic E-state index is 0.813. The van der Waals surface area contributed by atoms with Crippen LogP contribution in [0.3, 0.4) is 0 Å². The second-order valence-electron chi connectivity index (χ2n) is 3.72. The normalized spacial score (nSPS) is 11.0. The van der Waals surface area contributed by atoms with Crippen LogP contribution in [0.15, 0.2) is 41.1 Å². The molecule has 0 aliphatic carbocycles. The summed E-state index contributed by atoms with van der Waals surface area (Å²) in [6, 6.07) is 5.70. The largest absolute Gasteiger partial charge is 0.478 e. The molecule has 2 rings (SSSR count). The van der Waals surface area contributed by atoms with E-state index < -0.39 is 5.97 Å². The second-order valence-corrected chi connectivity index (χ2v) is 4.63. The van der Waals surface area contributed by atoms with Crippen LogP contribution in [0.5, 0.6) is 0 Å². The number of carbonyl (C=O) groups is 1. The van der Waals surface area contributed by atoms with Crippen LogP contribution in [0.4, 0.5) is 0 Å². The van der Waals surface area contributed by atoms with Crippen molar-refractivity contribution in [3.8, 4) is 5.69 Å². The lowest BCUT2D eigenvalue weighted by Gasteiger charge is -2.09. The number of aromatic nitrogens is 2. The molecule has 0 saturated heterocycles. The molecule has 0 bridgehead atoms. The zero-order valence-corrected chi connectivity index (χ0v) is 11.3. The molecule has 1 N–H and O–H groups in total. The van der Waals surface area contributed by atoms with E-state index in [2.05, 4.69) is 20.9 Å². The van der Waals surface area contributed by atoms with E-state index in [4.69, 9.17) is 5.11 Å². The highest BCUT2D eigenvalue weighted by molar-refractivity contribution is 9.10. The van der Waals surface area contributed by atoms with E-state index in [9.17, 15) is 4.79 Å². The van der Waals surface area contributed by atoms with Gasteiger partial charge < -0.3 is 9.67 Å². The number of hydrogen-bond donors (Lipinski definition) is 1. The van der Waals surface area contributed by atoms with Gasteiger partial charge in [0.05, 0.1) is 5.69 Å². The fourth-order valence-electron chi connectivity index (χ4n) is 1.67. The zero-order valence-electron chi connectivity index (χ0n) is 9.67. The van der Waals surface area contributed by atoms with Crippen molar-refractivity contribution in [3.05, 3.63) is 52.5 Å². The average molecular weight is 307 g/mol. The first-order chi connectivity index (χ1) is 8.58. The van der Waals surface area contributed by atoms with Crippen molar-refractivity contribution in [1.29, 1.82) is 0 Å². The first-order valence-electron chi connectivity index (χ1n) is 5.29. The number of carboxylic acids is 1. The first-order valence-corrected chi connectivity index (χ1v) is 6.08. The van der Waals surface area contributed by atoms with Crippen molar-refractivity contribution in [2.75, 3.05) is 0 Å². The van der Waals surface area contributed by atoms with Crippen LogP contribution in [0, 0.1) is 6.92 Å². The lowest BCUT2D eigenvalue weighted by atomic mass is 10.1. The molecule has 18 heavy (non-hydrogen) atoms. The molecule has 0 saturated carbocycles. The van der Waals surface area contributed by atoms with Gasteiger partial charge in [0.15, 0.2) is 0 Å². The van der Waals surface area contributed by atoms with Crippen molar-refractivity contribution in [2.45, 2.75) is 6.92 Å². The number of halogens is 1. The summed E-state index contributed by atoms with van der Waals surface area (Å²) in [7, 11) is 0. The van der Waals surface area contributed by atoms with Gasteiger partial charge in [0.1, 0.15) is 5.82 Å². The standard InChI is InChI=1S/C13H11BrN2O2/c1-9-15-6-7-16(9)12-4-3-11(14)8-10(12)2-5-13(17)18/h2-8H,1H3,(H,17,18)/b5-2+. The predicted molar refractivity (Wildman–Crippen MR) is 72.7 cm³/mol. The Kier molecular flexibility index (Phi) is 3.62. The summed E-state index contributed by atoms with van der Waals surface area (Å²) in [5.41, 5.74) is 1.71. The van der Waals surface area contributed by atoms with Crippen molar-refractivity contribution < 1.29 is 9.90 Å². The minimum atomic E-state index is -0.969. The van der Waals surface area contributed by atoms with Gasteiger partial charge in [-0.2, -0.15) is 0 Å². The fourth-order valence-corrected chi connectivity index (χ4v) is 2.05. The highest BCUT2D eigenvalue weighted by atomic mass is 79.9. The summed E-state index contributed by atoms with van der Waals surface area (Å²) in [6.45, 7) is 1.90. The van der Waals surface area contributed by atoms with E-state index in [1.165, 1.54) is 0 Å². The van der Waals surface area contributed by atoms with Gasteiger partial charge in [-0.3, -0.25) is 0 Å². The van der Waals surface area contributed by atoms with Crippen LogP contribution in [0.25, 0.3) is 11.8 Å². The van der Waals surface area contributed by atoms with Crippen LogP contribution < -0.4 is 0 Å². The zero-order chi connectivity index (χ0) is 13.1. The third-order valence-corrected chi connectivity index (χ3v) is 2.97. The minimum Gasteiger partial charge on any atom is -0.478 e. The van der Waals surface area contributed by atoms with Crippen LogP contribution in [-0.4, -0.2) is 20.6 Å². The number of carboxylic acid groups (broad SMARTS) is 1. The van der Waals surface area contributed by atoms with Crippen LogP contribution >= 0.6 is 15.9 Å². The summed E-state index contributed by atoms with van der Waals surface area (Å²) < 4.78 is 2.81. The molecule has 5 heteroatoms. The Labute approximate surface area is 113 Å². The average Bonchev–Trinajstić information content (AvgIpc) is 2.73. The van der Waals surface area contributed by atoms with E-state index in [-0.39, 0.29) is 0 Å². The van der Waals surface area contributed by atoms with Crippen molar-refractivity contribution in [3.63, 3.8) is 0 Å². The molecule has 0 fully saturated rings. The lowest BCUT2D eigenvalue weighted by molar-refractivity contribution is -0.131. The Bertz CT molecular complexity index is 617. The first kappa shape index (κ1) is 12.6. The maximum Gasteiger partial charge on any atom is 0.328 e. The molecule has 0 amide bonds. The molecule has 0 atom stereocenters. The van der Waals surface area contributed by atoms with Gasteiger partial charge in [-0.05, 0) is 36.8 Å². The molecule has 0 radical (unpaired) electrons. The summed E-state index contributed by atoms with van der Waals surface area (Å²) in [4.78, 5) is 14.8. The van der Waals surface area contributed by atoms with Crippen molar-refractivity contribution >= 4 is 28.0 Å². The van der Waals surface area contributed by atoms with Gasteiger partial charge in [0.25, 0.3) is 0 Å². The lowest BCUT2D eigenvalue weighted by Crippen LogP contribution is -1.98. The van der Waals surface area contributed by atoms with Crippen LogP contribution in [-0.2, 0) is 4.79 Å². The molecule has 0 unspecified atom stereocenters. The van der Waals surface area contributed by atoms with Crippen molar-refractivity contribution in [2.24, 2.45) is 0 Å². The molecule has 1 aromatic heterocycles. The number of aliphatic carboxylic acids is 1. The monoisotopic (exact) mass is 306 g/mol. The molecule has 92 valence electrons. The Morgan fingerprint density at radius 2 is 2.28 bits per heavy atom. The van der Waals surface area contributed by atoms with Gasteiger partial charge >= 0.3 is 5.97 Å². The number of imidazole rings is 1. The second kappa shape index (κ2) is 5.18. The third kappa shape index (κ3) is 2.68. The van der Waals surface area contributed by atoms with Gasteiger partial charge in [0, 0.05) is 22.9 Å². The summed E-state index contributed by atoms with van der Waals surface area (Å²) in [5.74, 6) is -0.120. The molecule has 1 heterocycles. The molecular weight excluding hydrogens is 296 g/mol. The molecular formula is C13H11BrN2O2. The SMILES string of the molecule is Cc1nccn1-c1ccc(Br)cc1/C=C/C(=O)O. The van der Waals surface area contributed by atoms with Gasteiger partial charge in [-0.15, -0.1) is 0 Å². The molecule has 4 nitrogen and oxygen atoms in total. The smallest absolute Gasteiger partial charge is 0.328 e. The molecule has 0 aliphatic heterocycles. The quantitative estimate of drug-likeness (QED) is 0.887. The van der Waals surface area contributed by atoms with Gasteiger partial charge in [0.2, 0.25) is 0 Å². The molecule has 0 aliphatic rings. The molecule has 2 aromatic rings. The van der Waals surface area contributed by atoms with Crippen LogP contribution in [0.1, 0.15) is 11.4 Å². The van der Waals surface area contributed by atoms with E-state index in [0.717, 1.165) is 27.6 Å². The molecule has 0 spiro atoms. The highest BCUT2D eigenvalue weighted by Gasteiger charge is 2.06. The van der Waals surface area contributed by atoms with Gasteiger partial charge in [-0.1, -0.05) is 15.9 Å². The van der Waals surface area contributed by atoms with Gasteiger partial charge in [-0.25, -0.2) is 9.78 Å². The summed E-state index contributed by atoms with van der Waals surface area (Å²) in [5, 5.41) is 8.70. The van der Waals surface area contributed by atoms with E-state index >= 15 is 0 Å². The summed E-state index contributed by atoms with van der Waals surface area (Å²) in [6.07, 6.45) is 6.25. The van der Waals surface area contributed by atoms with E-state index in [1.807, 2.05) is 35.9 Å². The maximum atomic E-state index is 10.6. The fraction of sp³-hybridized carbons (Fsp3) is 0.0769. The number of nitrogens with zero attached hydrogens (tertiary/aromatic N) is 2. The number of hydrogen-bond acceptors (Lipinski definition) is 2. The number of rotatable bonds is 3. The number of aryl methyl sites for hydroxylation is 1. The van der Waals surface area contributed by atoms with E-state index in [1.54, 1.807) is 12.3 Å². The predicted octanol–water partition coefficient (Wildman–Crippen LogP) is 3.04. The van der Waals surface area contributed by atoms with Crippen molar-refractivity contribution in [1.82, 2.24) is 9.55 Å². The maximum absolute atomic E-state index is 10.6. The Balaban J connectivity index is 2.54. The Morgan fingerprint density at radius 1 is 1.50 bits per heavy atom. The Hall–Kier alpha value is -1.88. The van der Waals surface area contributed by atoms with Crippen LogP contribution in [0.2, 0.25) is 0 Å². The highest BCUT2D eigenvalue weighted by Crippen LogP contribution is 2.22. The Morgan fingerprint density at radius 3 is 2.89 bits per heavy atom. The third-order valence-electron chi connectivity index (χ3n) is 2.48. The van der Waals surface area contributed by atoms with E-state index in [0.29, 0.717) is 0 Å². The summed E-state index contributed by atoms with van der Waals surface area (Å²) >= 11 is 3.38. The topological polar surface area (TPSA) is 55.1 Å². The number of benzene rings is 1.